The first-order valence-corrected chi connectivity index (χ1v) is 10.5. The number of hydrogen-bond acceptors (Lipinski definition) is 5. The molecule has 1 amide bonds. The van der Waals surface area contributed by atoms with E-state index >= 15 is 0 Å². The number of carbonyl (C=O) groups is 1. The highest BCUT2D eigenvalue weighted by Crippen LogP contribution is 2.25. The minimum atomic E-state index is -0.102. The van der Waals surface area contributed by atoms with E-state index in [1.54, 1.807) is 22.5 Å². The SMILES string of the molecule is Cc1csc(-c2ccc(OCC(=O)N(Cc3ccccc3)Cc3ccco3)cc2)n1. The van der Waals surface area contributed by atoms with Crippen LogP contribution in [-0.4, -0.2) is 22.4 Å². The summed E-state index contributed by atoms with van der Waals surface area (Å²) in [6.45, 7) is 2.83. The Hall–Kier alpha value is -3.38. The van der Waals surface area contributed by atoms with E-state index in [9.17, 15) is 4.79 Å². The highest BCUT2D eigenvalue weighted by Gasteiger charge is 2.17. The molecule has 6 heteroatoms. The predicted octanol–water partition coefficient (Wildman–Crippen LogP) is 5.32. The number of thiazole rings is 1. The van der Waals surface area contributed by atoms with Gasteiger partial charge in [-0.05, 0) is 48.9 Å². The van der Waals surface area contributed by atoms with Crippen LogP contribution in [0.25, 0.3) is 10.6 Å². The topological polar surface area (TPSA) is 55.6 Å². The van der Waals surface area contributed by atoms with Gasteiger partial charge in [-0.2, -0.15) is 0 Å². The maximum atomic E-state index is 12.9. The van der Waals surface area contributed by atoms with Crippen LogP contribution in [-0.2, 0) is 17.9 Å². The summed E-state index contributed by atoms with van der Waals surface area (Å²) in [5.41, 5.74) is 3.10. The van der Waals surface area contributed by atoms with Crippen molar-refractivity contribution in [1.82, 2.24) is 9.88 Å². The van der Waals surface area contributed by atoms with Crippen LogP contribution in [0, 0.1) is 6.92 Å². The Kier molecular flexibility index (Phi) is 6.25. The standard InChI is InChI=1S/C24H22N2O3S/c1-18-17-30-24(25-18)20-9-11-21(12-10-20)29-16-23(27)26(15-22-8-5-13-28-22)14-19-6-3-2-4-7-19/h2-13,17H,14-16H2,1H3. The lowest BCUT2D eigenvalue weighted by atomic mass is 10.2. The lowest BCUT2D eigenvalue weighted by molar-refractivity contribution is -0.134. The Morgan fingerprint density at radius 1 is 1.03 bits per heavy atom. The van der Waals surface area contributed by atoms with Gasteiger partial charge in [-0.25, -0.2) is 4.98 Å². The molecule has 2 aromatic heterocycles. The summed E-state index contributed by atoms with van der Waals surface area (Å²) in [4.78, 5) is 19.1. The number of aromatic nitrogens is 1. The van der Waals surface area contributed by atoms with Crippen molar-refractivity contribution in [3.8, 4) is 16.3 Å². The highest BCUT2D eigenvalue weighted by molar-refractivity contribution is 7.13. The number of benzene rings is 2. The third-order valence-electron chi connectivity index (χ3n) is 4.58. The molecule has 0 fully saturated rings. The van der Waals surface area contributed by atoms with Crippen LogP contribution < -0.4 is 4.74 Å². The Bertz CT molecular complexity index is 1070. The molecule has 4 rings (SSSR count). The van der Waals surface area contributed by atoms with Crippen LogP contribution in [0.5, 0.6) is 5.75 Å². The Morgan fingerprint density at radius 3 is 2.50 bits per heavy atom. The van der Waals surface area contributed by atoms with Crippen LogP contribution >= 0.6 is 11.3 Å². The fourth-order valence-corrected chi connectivity index (χ4v) is 3.85. The Morgan fingerprint density at radius 2 is 1.83 bits per heavy atom. The fourth-order valence-electron chi connectivity index (χ4n) is 3.04. The number of ether oxygens (including phenoxy) is 1. The number of amides is 1. The van der Waals surface area contributed by atoms with Gasteiger partial charge in [0.05, 0.1) is 12.8 Å². The molecule has 0 aliphatic rings. The molecule has 0 bridgehead atoms. The predicted molar refractivity (Wildman–Crippen MR) is 117 cm³/mol. The van der Waals surface area contributed by atoms with Crippen LogP contribution in [0.3, 0.4) is 0 Å². The molecule has 0 spiro atoms. The zero-order valence-corrected chi connectivity index (χ0v) is 17.5. The largest absolute Gasteiger partial charge is 0.484 e. The molecular weight excluding hydrogens is 396 g/mol. The number of carbonyl (C=O) groups excluding carboxylic acids is 1. The van der Waals surface area contributed by atoms with Gasteiger partial charge in [-0.1, -0.05) is 30.3 Å². The Labute approximate surface area is 179 Å². The van der Waals surface area contributed by atoms with E-state index in [0.717, 1.165) is 27.6 Å². The molecule has 2 aromatic carbocycles. The second kappa shape index (κ2) is 9.41. The summed E-state index contributed by atoms with van der Waals surface area (Å²) < 4.78 is 11.2. The summed E-state index contributed by atoms with van der Waals surface area (Å²) in [5.74, 6) is 1.29. The van der Waals surface area contributed by atoms with Gasteiger partial charge in [0.15, 0.2) is 6.61 Å². The summed E-state index contributed by atoms with van der Waals surface area (Å²) in [6, 6.07) is 21.2. The molecule has 0 unspecified atom stereocenters. The summed E-state index contributed by atoms with van der Waals surface area (Å²) in [5, 5.41) is 3.00. The molecule has 2 heterocycles. The first-order valence-electron chi connectivity index (χ1n) is 9.67. The molecule has 5 nitrogen and oxygen atoms in total. The van der Waals surface area contributed by atoms with Gasteiger partial charge in [0.2, 0.25) is 0 Å². The lowest BCUT2D eigenvalue weighted by Gasteiger charge is -2.22. The van der Waals surface area contributed by atoms with Crippen molar-refractivity contribution in [3.05, 3.63) is 95.4 Å². The third kappa shape index (κ3) is 5.15. The van der Waals surface area contributed by atoms with Crippen molar-refractivity contribution in [3.63, 3.8) is 0 Å². The average molecular weight is 419 g/mol. The van der Waals surface area contributed by atoms with E-state index in [1.807, 2.05) is 79.0 Å². The maximum absolute atomic E-state index is 12.9. The smallest absolute Gasteiger partial charge is 0.261 e. The van der Waals surface area contributed by atoms with Crippen LogP contribution in [0.4, 0.5) is 0 Å². The van der Waals surface area contributed by atoms with Crippen molar-refractivity contribution in [2.75, 3.05) is 6.61 Å². The molecule has 0 N–H and O–H groups in total. The van der Waals surface area contributed by atoms with Gasteiger partial charge >= 0.3 is 0 Å². The van der Waals surface area contributed by atoms with E-state index < -0.39 is 0 Å². The summed E-state index contributed by atoms with van der Waals surface area (Å²) in [7, 11) is 0. The van der Waals surface area contributed by atoms with Crippen LogP contribution in [0.2, 0.25) is 0 Å². The van der Waals surface area contributed by atoms with Crippen molar-refractivity contribution in [1.29, 1.82) is 0 Å². The third-order valence-corrected chi connectivity index (χ3v) is 5.59. The van der Waals surface area contributed by atoms with Gasteiger partial charge in [0.1, 0.15) is 16.5 Å². The van der Waals surface area contributed by atoms with Crippen LogP contribution in [0.15, 0.2) is 82.8 Å². The van der Waals surface area contributed by atoms with E-state index in [4.69, 9.17) is 9.15 Å². The first-order chi connectivity index (χ1) is 14.7. The maximum Gasteiger partial charge on any atom is 0.261 e. The molecule has 0 aliphatic carbocycles. The first kappa shape index (κ1) is 19.9. The zero-order chi connectivity index (χ0) is 20.8. The van der Waals surface area contributed by atoms with Crippen molar-refractivity contribution < 1.29 is 13.9 Å². The second-order valence-corrected chi connectivity index (χ2v) is 7.78. The number of hydrogen-bond donors (Lipinski definition) is 0. The summed E-state index contributed by atoms with van der Waals surface area (Å²) >= 11 is 1.61. The van der Waals surface area contributed by atoms with E-state index in [2.05, 4.69) is 4.98 Å². The molecular formula is C24H22N2O3S. The number of furan rings is 1. The molecule has 0 aliphatic heterocycles. The van der Waals surface area contributed by atoms with E-state index in [0.29, 0.717) is 18.8 Å². The van der Waals surface area contributed by atoms with Gasteiger partial charge in [0.25, 0.3) is 5.91 Å². The fraction of sp³-hybridized carbons (Fsp3) is 0.167. The zero-order valence-electron chi connectivity index (χ0n) is 16.7. The molecule has 30 heavy (non-hydrogen) atoms. The van der Waals surface area contributed by atoms with Crippen LogP contribution in [0.1, 0.15) is 17.0 Å². The van der Waals surface area contributed by atoms with Gasteiger partial charge in [-0.3, -0.25) is 4.79 Å². The van der Waals surface area contributed by atoms with E-state index in [-0.39, 0.29) is 12.5 Å². The minimum absolute atomic E-state index is 0.0384. The number of nitrogens with zero attached hydrogens (tertiary/aromatic N) is 2. The molecule has 0 saturated carbocycles. The second-order valence-electron chi connectivity index (χ2n) is 6.92. The minimum Gasteiger partial charge on any atom is -0.484 e. The molecule has 0 saturated heterocycles. The van der Waals surface area contributed by atoms with Crippen molar-refractivity contribution in [2.45, 2.75) is 20.0 Å². The average Bonchev–Trinajstić information content (AvgIpc) is 3.44. The Balaban J connectivity index is 1.40. The number of rotatable bonds is 8. The van der Waals surface area contributed by atoms with Crippen molar-refractivity contribution in [2.24, 2.45) is 0 Å². The van der Waals surface area contributed by atoms with E-state index in [1.165, 1.54) is 0 Å². The molecule has 4 aromatic rings. The summed E-state index contributed by atoms with van der Waals surface area (Å²) in [6.07, 6.45) is 1.61. The normalized spacial score (nSPS) is 10.7. The molecule has 0 atom stereocenters. The van der Waals surface area contributed by atoms with Gasteiger partial charge in [0, 0.05) is 23.2 Å². The quantitative estimate of drug-likeness (QED) is 0.389. The lowest BCUT2D eigenvalue weighted by Crippen LogP contribution is -2.34. The molecule has 152 valence electrons. The number of aryl methyl sites for hydroxylation is 1. The van der Waals surface area contributed by atoms with Crippen molar-refractivity contribution >= 4 is 17.2 Å². The monoisotopic (exact) mass is 418 g/mol. The highest BCUT2D eigenvalue weighted by atomic mass is 32.1. The van der Waals surface area contributed by atoms with Gasteiger partial charge in [-0.15, -0.1) is 11.3 Å². The van der Waals surface area contributed by atoms with Gasteiger partial charge < -0.3 is 14.1 Å². The molecule has 0 radical (unpaired) electrons.